The summed E-state index contributed by atoms with van der Waals surface area (Å²) in [5.41, 5.74) is 0. The van der Waals surface area contributed by atoms with Crippen LogP contribution in [0.25, 0.3) is 0 Å². The molecule has 0 aromatic heterocycles. The summed E-state index contributed by atoms with van der Waals surface area (Å²) in [5, 5.41) is 0. The lowest BCUT2D eigenvalue weighted by molar-refractivity contribution is -0.122. The molecule has 0 aromatic carbocycles. The minimum atomic E-state index is 0.250. The van der Waals surface area contributed by atoms with E-state index in [9.17, 15) is 4.79 Å². The van der Waals surface area contributed by atoms with Crippen molar-refractivity contribution in [3.63, 3.8) is 0 Å². The van der Waals surface area contributed by atoms with Gasteiger partial charge in [0.15, 0.2) is 0 Å². The van der Waals surface area contributed by atoms with Gasteiger partial charge in [-0.2, -0.15) is 0 Å². The van der Waals surface area contributed by atoms with E-state index in [4.69, 9.17) is 0 Å². The maximum Gasteiger partial charge on any atom is 0.135 e. The minimum Gasteiger partial charge on any atom is -0.299 e. The van der Waals surface area contributed by atoms with Crippen LogP contribution >= 0.6 is 0 Å². The normalized spacial score (nSPS) is 13.6. The average Bonchev–Trinajstić information content (AvgIpc) is 2.10. The number of ketones is 1. The zero-order valence-electron chi connectivity index (χ0n) is 8.47. The van der Waals surface area contributed by atoms with Crippen LogP contribution in [0.4, 0.5) is 0 Å². The largest absolute Gasteiger partial charge is 0.299 e. The van der Waals surface area contributed by atoms with Crippen molar-refractivity contribution in [1.82, 2.24) is 0 Å². The van der Waals surface area contributed by atoms with E-state index in [-0.39, 0.29) is 5.92 Å². The zero-order valence-corrected chi connectivity index (χ0v) is 8.47. The van der Waals surface area contributed by atoms with Gasteiger partial charge < -0.3 is 0 Å². The number of hydrogen-bond donors (Lipinski definition) is 0. The second-order valence-electron chi connectivity index (χ2n) is 3.19. The lowest BCUT2D eigenvalue weighted by Gasteiger charge is -2.04. The van der Waals surface area contributed by atoms with Gasteiger partial charge in [0.2, 0.25) is 0 Å². The third-order valence-corrected chi connectivity index (χ3v) is 2.12. The Morgan fingerprint density at radius 1 is 1.33 bits per heavy atom. The molecule has 0 aliphatic rings. The Morgan fingerprint density at radius 2 is 2.00 bits per heavy atom. The smallest absolute Gasteiger partial charge is 0.135 e. The topological polar surface area (TPSA) is 17.1 Å². The maximum absolute atomic E-state index is 11.3. The van der Waals surface area contributed by atoms with Crippen LogP contribution in [0, 0.1) is 5.92 Å². The Morgan fingerprint density at radius 3 is 2.50 bits per heavy atom. The van der Waals surface area contributed by atoms with Gasteiger partial charge in [-0.05, 0) is 19.3 Å². The van der Waals surface area contributed by atoms with Crippen LogP contribution in [0.1, 0.15) is 46.5 Å². The number of Topliss-reactive ketones (excluding diaryl/α,β-unsaturated/α-hetero) is 1. The fourth-order valence-electron chi connectivity index (χ4n) is 0.984. The van der Waals surface area contributed by atoms with Crippen LogP contribution in [0.2, 0.25) is 0 Å². The first kappa shape index (κ1) is 11.4. The number of carbonyl (C=O) groups is 1. The molecule has 12 heavy (non-hydrogen) atoms. The summed E-state index contributed by atoms with van der Waals surface area (Å²) in [7, 11) is 0. The Hall–Kier alpha value is -0.590. The molecule has 0 saturated heterocycles. The Bertz CT molecular complexity index is 147. The summed E-state index contributed by atoms with van der Waals surface area (Å²) in [6.45, 7) is 6.17. The van der Waals surface area contributed by atoms with Gasteiger partial charge in [-0.15, -0.1) is 0 Å². The molecule has 0 aliphatic heterocycles. The molecule has 0 radical (unpaired) electrons. The number of allylic oxidation sites excluding steroid dienone is 2. The molecule has 0 rings (SSSR count). The van der Waals surface area contributed by atoms with Crippen LogP contribution in [-0.2, 0) is 4.79 Å². The van der Waals surface area contributed by atoms with Gasteiger partial charge in [-0.1, -0.05) is 32.9 Å². The average molecular weight is 168 g/mol. The predicted molar refractivity (Wildman–Crippen MR) is 53.1 cm³/mol. The molecule has 0 N–H and O–H groups in total. The lowest BCUT2D eigenvalue weighted by Crippen LogP contribution is -2.08. The van der Waals surface area contributed by atoms with E-state index in [0.717, 1.165) is 19.3 Å². The van der Waals surface area contributed by atoms with E-state index >= 15 is 0 Å². The van der Waals surface area contributed by atoms with E-state index in [1.54, 1.807) is 0 Å². The molecule has 0 fully saturated rings. The van der Waals surface area contributed by atoms with Gasteiger partial charge >= 0.3 is 0 Å². The quantitative estimate of drug-likeness (QED) is 0.556. The van der Waals surface area contributed by atoms with Crippen molar-refractivity contribution in [3.8, 4) is 0 Å². The second-order valence-corrected chi connectivity index (χ2v) is 3.19. The third-order valence-electron chi connectivity index (χ3n) is 2.12. The molecular formula is C11H20O. The van der Waals surface area contributed by atoms with Gasteiger partial charge in [0.1, 0.15) is 5.78 Å². The molecule has 0 amide bonds. The van der Waals surface area contributed by atoms with Crippen molar-refractivity contribution >= 4 is 5.78 Å². The maximum atomic E-state index is 11.3. The monoisotopic (exact) mass is 168 g/mol. The van der Waals surface area contributed by atoms with Crippen molar-refractivity contribution in [2.24, 2.45) is 5.92 Å². The first-order valence-electron chi connectivity index (χ1n) is 4.90. The molecule has 1 atom stereocenters. The number of hydrogen-bond acceptors (Lipinski definition) is 1. The van der Waals surface area contributed by atoms with E-state index in [1.165, 1.54) is 0 Å². The molecule has 0 aromatic rings. The molecule has 0 bridgehead atoms. The van der Waals surface area contributed by atoms with Gasteiger partial charge in [0, 0.05) is 12.3 Å². The molecule has 0 spiro atoms. The first-order valence-corrected chi connectivity index (χ1v) is 4.90. The molecule has 0 saturated carbocycles. The molecule has 0 aliphatic carbocycles. The fourth-order valence-corrected chi connectivity index (χ4v) is 0.984. The number of carbonyl (C=O) groups excluding carboxylic acids is 1. The molecule has 70 valence electrons. The highest BCUT2D eigenvalue weighted by Gasteiger charge is 2.08. The highest BCUT2D eigenvalue weighted by atomic mass is 16.1. The van der Waals surface area contributed by atoms with E-state index in [1.807, 2.05) is 6.92 Å². The van der Waals surface area contributed by atoms with Crippen molar-refractivity contribution in [2.45, 2.75) is 46.5 Å². The zero-order chi connectivity index (χ0) is 9.40. The van der Waals surface area contributed by atoms with Crippen LogP contribution in [0.3, 0.4) is 0 Å². The fraction of sp³-hybridized carbons (Fsp3) is 0.727. The highest BCUT2D eigenvalue weighted by molar-refractivity contribution is 5.80. The Balaban J connectivity index is 3.50. The van der Waals surface area contributed by atoms with E-state index in [0.29, 0.717) is 12.2 Å². The van der Waals surface area contributed by atoms with Crippen LogP contribution in [0.15, 0.2) is 12.2 Å². The van der Waals surface area contributed by atoms with Crippen LogP contribution < -0.4 is 0 Å². The van der Waals surface area contributed by atoms with Crippen molar-refractivity contribution in [3.05, 3.63) is 12.2 Å². The second kappa shape index (κ2) is 7.08. The Labute approximate surface area is 75.9 Å². The van der Waals surface area contributed by atoms with Gasteiger partial charge in [-0.25, -0.2) is 0 Å². The molecule has 1 nitrogen and oxygen atoms in total. The SMILES string of the molecule is CCC=CCCC(=O)C(C)CC. The predicted octanol–water partition coefficient (Wildman–Crippen LogP) is 3.35. The van der Waals surface area contributed by atoms with E-state index in [2.05, 4.69) is 26.0 Å². The van der Waals surface area contributed by atoms with Crippen molar-refractivity contribution in [1.29, 1.82) is 0 Å². The van der Waals surface area contributed by atoms with Gasteiger partial charge in [-0.3, -0.25) is 4.79 Å². The third kappa shape index (κ3) is 5.11. The van der Waals surface area contributed by atoms with Crippen molar-refractivity contribution < 1.29 is 4.79 Å². The molecule has 0 heterocycles. The molecular weight excluding hydrogens is 148 g/mol. The molecule has 1 heteroatoms. The standard InChI is InChI=1S/C11H20O/c1-4-6-7-8-9-11(12)10(3)5-2/h6-7,10H,4-5,8-9H2,1-3H3. The summed E-state index contributed by atoms with van der Waals surface area (Å²) in [6.07, 6.45) is 7.88. The lowest BCUT2D eigenvalue weighted by atomic mass is 10.00. The summed E-state index contributed by atoms with van der Waals surface area (Å²) in [6, 6.07) is 0. The van der Waals surface area contributed by atoms with Crippen molar-refractivity contribution in [2.75, 3.05) is 0 Å². The summed E-state index contributed by atoms with van der Waals surface area (Å²) in [5.74, 6) is 0.651. The Kier molecular flexibility index (Phi) is 6.73. The molecule has 1 unspecified atom stereocenters. The summed E-state index contributed by atoms with van der Waals surface area (Å²) >= 11 is 0. The van der Waals surface area contributed by atoms with Gasteiger partial charge in [0.05, 0.1) is 0 Å². The van der Waals surface area contributed by atoms with Gasteiger partial charge in [0.25, 0.3) is 0 Å². The van der Waals surface area contributed by atoms with Crippen LogP contribution in [0.5, 0.6) is 0 Å². The minimum absolute atomic E-state index is 0.250. The summed E-state index contributed by atoms with van der Waals surface area (Å²) < 4.78 is 0. The van der Waals surface area contributed by atoms with E-state index < -0.39 is 0 Å². The number of rotatable bonds is 6. The highest BCUT2D eigenvalue weighted by Crippen LogP contribution is 2.07. The summed E-state index contributed by atoms with van der Waals surface area (Å²) in [4.78, 5) is 11.3. The first-order chi connectivity index (χ1) is 5.72. The van der Waals surface area contributed by atoms with Crippen LogP contribution in [-0.4, -0.2) is 5.78 Å².